The second-order valence-electron chi connectivity index (χ2n) is 3.12. The van der Waals surface area contributed by atoms with Crippen molar-refractivity contribution in [3.05, 3.63) is 18.0 Å². The Hall–Kier alpha value is -1.62. The van der Waals surface area contributed by atoms with Gasteiger partial charge in [-0.1, -0.05) is 0 Å². The van der Waals surface area contributed by atoms with Gasteiger partial charge < -0.3 is 14.2 Å². The maximum Gasteiger partial charge on any atom is 0.190 e. The fraction of sp³-hybridized carbons (Fsp3) is 0.500. The molecule has 0 aliphatic rings. The molecule has 5 heteroatoms. The Morgan fingerprint density at radius 2 is 2.06 bits per heavy atom. The van der Waals surface area contributed by atoms with E-state index in [4.69, 9.17) is 14.2 Å². The molecule has 0 aromatic carbocycles. The molecule has 17 heavy (non-hydrogen) atoms. The van der Waals surface area contributed by atoms with E-state index >= 15 is 0 Å². The Labute approximate surface area is 101 Å². The van der Waals surface area contributed by atoms with Gasteiger partial charge in [0.15, 0.2) is 17.8 Å². The van der Waals surface area contributed by atoms with Gasteiger partial charge in [0, 0.05) is 18.9 Å². The van der Waals surface area contributed by atoms with Gasteiger partial charge in [-0.05, 0) is 13.8 Å². The maximum atomic E-state index is 10.8. The topological polar surface area (TPSA) is 57.7 Å². The SMILES string of the molecule is CCOCCOc1ccnc(C=O)c1OCC. The number of carbonyl (C=O) groups is 1. The lowest BCUT2D eigenvalue weighted by molar-refractivity contribution is 0.107. The number of hydrogen-bond acceptors (Lipinski definition) is 5. The summed E-state index contributed by atoms with van der Waals surface area (Å²) in [7, 11) is 0. The molecule has 0 saturated heterocycles. The highest BCUT2D eigenvalue weighted by Gasteiger charge is 2.11. The van der Waals surface area contributed by atoms with Crippen LogP contribution in [0.4, 0.5) is 0 Å². The van der Waals surface area contributed by atoms with Crippen molar-refractivity contribution in [3.8, 4) is 11.5 Å². The first kappa shape index (κ1) is 13.4. The summed E-state index contributed by atoms with van der Waals surface area (Å²) in [6.07, 6.45) is 2.17. The van der Waals surface area contributed by atoms with Crippen molar-refractivity contribution in [1.29, 1.82) is 0 Å². The minimum Gasteiger partial charge on any atom is -0.488 e. The Morgan fingerprint density at radius 3 is 2.71 bits per heavy atom. The highest BCUT2D eigenvalue weighted by atomic mass is 16.5. The van der Waals surface area contributed by atoms with Crippen LogP contribution in [0.15, 0.2) is 12.3 Å². The van der Waals surface area contributed by atoms with Crippen LogP contribution < -0.4 is 9.47 Å². The minimum absolute atomic E-state index is 0.251. The molecule has 0 amide bonds. The largest absolute Gasteiger partial charge is 0.488 e. The molecule has 0 atom stereocenters. The predicted molar refractivity (Wildman–Crippen MR) is 62.8 cm³/mol. The molecular formula is C12H17NO4. The number of pyridine rings is 1. The molecule has 0 unspecified atom stereocenters. The van der Waals surface area contributed by atoms with Crippen molar-refractivity contribution in [3.63, 3.8) is 0 Å². The van der Waals surface area contributed by atoms with Gasteiger partial charge in [-0.3, -0.25) is 4.79 Å². The standard InChI is InChI=1S/C12H17NO4/c1-3-15-7-8-17-11-5-6-13-10(9-14)12(11)16-4-2/h5-6,9H,3-4,7-8H2,1-2H3. The van der Waals surface area contributed by atoms with Crippen molar-refractivity contribution in [2.45, 2.75) is 13.8 Å². The zero-order chi connectivity index (χ0) is 12.5. The lowest BCUT2D eigenvalue weighted by atomic mass is 10.3. The molecule has 5 nitrogen and oxygen atoms in total. The summed E-state index contributed by atoms with van der Waals surface area (Å²) >= 11 is 0. The van der Waals surface area contributed by atoms with Gasteiger partial charge >= 0.3 is 0 Å². The van der Waals surface area contributed by atoms with Crippen LogP contribution >= 0.6 is 0 Å². The van der Waals surface area contributed by atoms with E-state index < -0.39 is 0 Å². The predicted octanol–water partition coefficient (Wildman–Crippen LogP) is 1.71. The second kappa shape index (κ2) is 7.62. The van der Waals surface area contributed by atoms with Crippen LogP contribution in [-0.4, -0.2) is 37.7 Å². The van der Waals surface area contributed by atoms with E-state index in [1.807, 2.05) is 13.8 Å². The number of nitrogens with zero attached hydrogens (tertiary/aromatic N) is 1. The molecule has 0 fully saturated rings. The lowest BCUT2D eigenvalue weighted by Crippen LogP contribution is -2.08. The van der Waals surface area contributed by atoms with Crippen LogP contribution in [0.1, 0.15) is 24.3 Å². The van der Waals surface area contributed by atoms with Crippen LogP contribution in [0.5, 0.6) is 11.5 Å². The molecule has 0 N–H and O–H groups in total. The number of aldehydes is 1. The van der Waals surface area contributed by atoms with E-state index in [0.29, 0.717) is 44.2 Å². The highest BCUT2D eigenvalue weighted by molar-refractivity contribution is 5.78. The van der Waals surface area contributed by atoms with Gasteiger partial charge in [0.1, 0.15) is 12.3 Å². The average molecular weight is 239 g/mol. The van der Waals surface area contributed by atoms with Gasteiger partial charge in [-0.15, -0.1) is 0 Å². The highest BCUT2D eigenvalue weighted by Crippen LogP contribution is 2.28. The van der Waals surface area contributed by atoms with Crippen molar-refractivity contribution in [1.82, 2.24) is 4.98 Å². The van der Waals surface area contributed by atoms with Crippen molar-refractivity contribution in [2.75, 3.05) is 26.4 Å². The number of ether oxygens (including phenoxy) is 3. The van der Waals surface area contributed by atoms with Crippen molar-refractivity contribution in [2.24, 2.45) is 0 Å². The zero-order valence-corrected chi connectivity index (χ0v) is 10.1. The first-order valence-electron chi connectivity index (χ1n) is 5.61. The van der Waals surface area contributed by atoms with E-state index in [1.165, 1.54) is 6.20 Å². The minimum atomic E-state index is 0.251. The van der Waals surface area contributed by atoms with Gasteiger partial charge in [0.2, 0.25) is 0 Å². The fourth-order valence-corrected chi connectivity index (χ4v) is 1.29. The number of rotatable bonds is 8. The first-order valence-corrected chi connectivity index (χ1v) is 5.61. The smallest absolute Gasteiger partial charge is 0.190 e. The molecule has 1 aromatic rings. The molecule has 1 heterocycles. The normalized spacial score (nSPS) is 10.0. The van der Waals surface area contributed by atoms with Gasteiger partial charge in [-0.25, -0.2) is 4.98 Å². The molecule has 0 aliphatic heterocycles. The third-order valence-electron chi connectivity index (χ3n) is 1.99. The van der Waals surface area contributed by atoms with Crippen LogP contribution in [0.2, 0.25) is 0 Å². The van der Waals surface area contributed by atoms with E-state index in [-0.39, 0.29) is 5.69 Å². The average Bonchev–Trinajstić information content (AvgIpc) is 2.36. The first-order chi connectivity index (χ1) is 8.33. The number of carbonyl (C=O) groups excluding carboxylic acids is 1. The summed E-state index contributed by atoms with van der Waals surface area (Å²) in [6, 6.07) is 1.67. The van der Waals surface area contributed by atoms with E-state index in [9.17, 15) is 4.79 Å². The molecule has 94 valence electrons. The van der Waals surface area contributed by atoms with Crippen LogP contribution in [0.25, 0.3) is 0 Å². The van der Waals surface area contributed by atoms with Crippen LogP contribution in [0, 0.1) is 0 Å². The Morgan fingerprint density at radius 1 is 1.24 bits per heavy atom. The van der Waals surface area contributed by atoms with Gasteiger partial charge in [0.05, 0.1) is 13.2 Å². The molecule has 1 rings (SSSR count). The molecule has 0 aliphatic carbocycles. The third-order valence-corrected chi connectivity index (χ3v) is 1.99. The quantitative estimate of drug-likeness (QED) is 0.510. The second-order valence-corrected chi connectivity index (χ2v) is 3.12. The molecule has 0 radical (unpaired) electrons. The summed E-state index contributed by atoms with van der Waals surface area (Å²) in [5.41, 5.74) is 0.251. The van der Waals surface area contributed by atoms with Crippen molar-refractivity contribution >= 4 is 6.29 Å². The Bertz CT molecular complexity index is 354. The maximum absolute atomic E-state index is 10.8. The molecule has 1 aromatic heterocycles. The lowest BCUT2D eigenvalue weighted by Gasteiger charge is -2.12. The fourth-order valence-electron chi connectivity index (χ4n) is 1.29. The third kappa shape index (κ3) is 4.03. The number of hydrogen-bond donors (Lipinski definition) is 0. The monoisotopic (exact) mass is 239 g/mol. The summed E-state index contributed by atoms with van der Waals surface area (Å²) in [6.45, 7) is 5.77. The van der Waals surface area contributed by atoms with Gasteiger partial charge in [0.25, 0.3) is 0 Å². The Balaban J connectivity index is 2.71. The van der Waals surface area contributed by atoms with Crippen LogP contribution in [0.3, 0.4) is 0 Å². The Kier molecular flexibility index (Phi) is 6.03. The molecule has 0 bridgehead atoms. The van der Waals surface area contributed by atoms with Gasteiger partial charge in [-0.2, -0.15) is 0 Å². The summed E-state index contributed by atoms with van der Waals surface area (Å²) in [4.78, 5) is 14.7. The van der Waals surface area contributed by atoms with Crippen molar-refractivity contribution < 1.29 is 19.0 Å². The summed E-state index contributed by atoms with van der Waals surface area (Å²) in [5, 5.41) is 0. The number of aromatic nitrogens is 1. The van der Waals surface area contributed by atoms with E-state index in [0.717, 1.165) is 0 Å². The molecule has 0 spiro atoms. The van der Waals surface area contributed by atoms with E-state index in [1.54, 1.807) is 6.07 Å². The van der Waals surface area contributed by atoms with Crippen LogP contribution in [-0.2, 0) is 4.74 Å². The summed E-state index contributed by atoms with van der Waals surface area (Å²) in [5.74, 6) is 0.908. The summed E-state index contributed by atoms with van der Waals surface area (Å²) < 4.78 is 16.0. The molecule has 0 saturated carbocycles. The molecular weight excluding hydrogens is 222 g/mol. The zero-order valence-electron chi connectivity index (χ0n) is 10.1. The van der Waals surface area contributed by atoms with E-state index in [2.05, 4.69) is 4.98 Å².